The molecule has 3 fully saturated rings. The number of fused-ring (bicyclic) bond motifs is 1. The van der Waals surface area contributed by atoms with Crippen LogP contribution < -0.4 is 26.0 Å². The molecule has 54 heavy (non-hydrogen) atoms. The topological polar surface area (TPSA) is 190 Å². The molecule has 3 aliphatic rings. The van der Waals surface area contributed by atoms with E-state index in [1.165, 1.54) is 16.2 Å². The van der Waals surface area contributed by atoms with Gasteiger partial charge in [0.05, 0.1) is 24.3 Å². The molecule has 5 amide bonds. The van der Waals surface area contributed by atoms with Crippen LogP contribution in [0.15, 0.2) is 17.6 Å². The minimum absolute atomic E-state index is 0.00637. The van der Waals surface area contributed by atoms with Crippen LogP contribution in [0.3, 0.4) is 0 Å². The van der Waals surface area contributed by atoms with Crippen LogP contribution in [0.5, 0.6) is 5.88 Å². The number of Topliss-reactive ketones (excluding diaryl/α,β-unsaturated/α-hetero) is 1. The Labute approximate surface area is 319 Å². The average molecular weight is 764 g/mol. The second kappa shape index (κ2) is 15.3. The first kappa shape index (κ1) is 39.1. The molecule has 292 valence electrons. The Morgan fingerprint density at radius 3 is 2.33 bits per heavy atom. The molecule has 6 rings (SSSR count). The number of ketones is 1. The van der Waals surface area contributed by atoms with E-state index in [2.05, 4.69) is 26.4 Å². The summed E-state index contributed by atoms with van der Waals surface area (Å²) in [6.07, 6.45) is 5.99. The number of hydrogen-bond donors (Lipinski definition) is 4. The number of thiophene rings is 1. The van der Waals surface area contributed by atoms with Crippen LogP contribution in [-0.2, 0) is 26.2 Å². The Hall–Kier alpha value is -4.60. The molecule has 2 aliphatic carbocycles. The van der Waals surface area contributed by atoms with Crippen molar-refractivity contribution in [2.45, 2.75) is 129 Å². The lowest BCUT2D eigenvalue weighted by Gasteiger charge is -2.36. The SMILES string of the molecule is Cc1cnn(C)c1-c1nc(O[C@@H]2C[C@@H](C(=O)N[C@@H](CC3CCC3)C(=O)C(=O)NC3CC3)N(C(=O)[C@@H](NC(=O)NC(C)(C)C)C(C)(C)C)C2)c2sccc2n1. The normalized spacial score (nSPS) is 20.2. The molecule has 0 bridgehead atoms. The summed E-state index contributed by atoms with van der Waals surface area (Å²) >= 11 is 1.42. The monoisotopic (exact) mass is 763 g/mol. The zero-order valence-corrected chi connectivity index (χ0v) is 33.3. The number of rotatable bonds is 12. The molecule has 15 nitrogen and oxygen atoms in total. The smallest absolute Gasteiger partial charge is 0.315 e. The molecule has 0 radical (unpaired) electrons. The minimum Gasteiger partial charge on any atom is -0.471 e. The highest BCUT2D eigenvalue weighted by molar-refractivity contribution is 7.17. The molecular formula is C38H53N9O6S. The predicted molar refractivity (Wildman–Crippen MR) is 204 cm³/mol. The van der Waals surface area contributed by atoms with Gasteiger partial charge in [0.2, 0.25) is 23.5 Å². The third-order valence-electron chi connectivity index (χ3n) is 10.2. The van der Waals surface area contributed by atoms with E-state index in [1.54, 1.807) is 10.9 Å². The van der Waals surface area contributed by atoms with E-state index in [-0.39, 0.29) is 24.9 Å². The number of hydrogen-bond acceptors (Lipinski definition) is 10. The van der Waals surface area contributed by atoms with Gasteiger partial charge >= 0.3 is 6.03 Å². The highest BCUT2D eigenvalue weighted by Crippen LogP contribution is 2.35. The Balaban J connectivity index is 1.31. The van der Waals surface area contributed by atoms with Crippen molar-refractivity contribution in [2.75, 3.05) is 6.54 Å². The van der Waals surface area contributed by atoms with Crippen molar-refractivity contribution >= 4 is 51.1 Å². The summed E-state index contributed by atoms with van der Waals surface area (Å²) in [4.78, 5) is 79.6. The Bertz CT molecular complexity index is 1900. The number of amides is 5. The Morgan fingerprint density at radius 1 is 1.02 bits per heavy atom. The number of ether oxygens (including phenoxy) is 1. The van der Waals surface area contributed by atoms with E-state index in [1.807, 2.05) is 67.0 Å². The number of nitrogens with one attached hydrogen (secondary N) is 4. The zero-order chi connectivity index (χ0) is 39.1. The van der Waals surface area contributed by atoms with Gasteiger partial charge in [0.25, 0.3) is 5.91 Å². The van der Waals surface area contributed by atoms with Crippen molar-refractivity contribution in [1.29, 1.82) is 0 Å². The summed E-state index contributed by atoms with van der Waals surface area (Å²) in [5, 5.41) is 17.6. The quantitative estimate of drug-likeness (QED) is 0.199. The Kier molecular flexibility index (Phi) is 11.1. The molecular weight excluding hydrogens is 711 g/mol. The maximum Gasteiger partial charge on any atom is 0.315 e. The fraction of sp³-hybridized carbons (Fsp3) is 0.632. The van der Waals surface area contributed by atoms with Gasteiger partial charge in [-0.3, -0.25) is 23.9 Å². The molecule has 2 saturated carbocycles. The van der Waals surface area contributed by atoms with Gasteiger partial charge in [0.1, 0.15) is 28.6 Å². The number of likely N-dealkylation sites (tertiary alicyclic amines) is 1. The molecule has 0 spiro atoms. The number of urea groups is 1. The molecule has 16 heteroatoms. The van der Waals surface area contributed by atoms with Gasteiger partial charge in [-0.25, -0.2) is 9.78 Å². The van der Waals surface area contributed by atoms with Crippen molar-refractivity contribution < 1.29 is 28.7 Å². The van der Waals surface area contributed by atoms with Crippen LogP contribution in [0.25, 0.3) is 21.7 Å². The van der Waals surface area contributed by atoms with Gasteiger partial charge in [-0.05, 0) is 75.3 Å². The number of carbonyl (C=O) groups is 5. The molecule has 0 unspecified atom stereocenters. The molecule has 3 aromatic rings. The molecule has 4 N–H and O–H groups in total. The largest absolute Gasteiger partial charge is 0.471 e. The second-order valence-electron chi connectivity index (χ2n) is 17.1. The number of aryl methyl sites for hydroxylation is 2. The van der Waals surface area contributed by atoms with Crippen LogP contribution in [-0.4, -0.2) is 96.5 Å². The van der Waals surface area contributed by atoms with Crippen molar-refractivity contribution in [3.63, 3.8) is 0 Å². The molecule has 4 atom stereocenters. The maximum atomic E-state index is 14.6. The van der Waals surface area contributed by atoms with Gasteiger partial charge in [-0.2, -0.15) is 10.1 Å². The van der Waals surface area contributed by atoms with Gasteiger partial charge in [0, 0.05) is 25.0 Å². The van der Waals surface area contributed by atoms with Crippen molar-refractivity contribution in [2.24, 2.45) is 18.4 Å². The highest BCUT2D eigenvalue weighted by Gasteiger charge is 2.47. The van der Waals surface area contributed by atoms with E-state index in [0.717, 1.165) is 43.4 Å². The standard InChI is InChI=1S/C38H53N9O6S/c1-20-18-39-46(8)27(20)31-41-24-14-15-54-29(24)34(44-31)53-23-17-26(47(19-23)35(51)30(37(2,3)4)43-36(52)45-38(5,6)7)32(49)42-25(16-21-10-9-11-21)28(48)33(50)40-22-12-13-22/h14-15,18,21-23,25-26,30H,9-13,16-17,19H2,1-8H3,(H,40,50)(H,42,49)(H2,43,45,52)/t23-,25+,26+,30-/m1/s1. The lowest BCUT2D eigenvalue weighted by molar-refractivity contribution is -0.144. The third kappa shape index (κ3) is 9.01. The number of aromatic nitrogens is 4. The first-order chi connectivity index (χ1) is 25.4. The van der Waals surface area contributed by atoms with Crippen molar-refractivity contribution in [3.8, 4) is 17.4 Å². The molecule has 1 saturated heterocycles. The number of carbonyl (C=O) groups excluding carboxylic acids is 5. The maximum absolute atomic E-state index is 14.6. The lowest BCUT2D eigenvalue weighted by atomic mass is 9.80. The van der Waals surface area contributed by atoms with Gasteiger partial charge in [-0.15, -0.1) is 11.3 Å². The fourth-order valence-corrected chi connectivity index (χ4v) is 7.71. The molecule has 1 aliphatic heterocycles. The van der Waals surface area contributed by atoms with Crippen molar-refractivity contribution in [1.82, 2.24) is 45.9 Å². The van der Waals surface area contributed by atoms with Gasteiger partial charge < -0.3 is 30.9 Å². The summed E-state index contributed by atoms with van der Waals surface area (Å²) in [6, 6.07) is -1.78. The van der Waals surface area contributed by atoms with Crippen LogP contribution >= 0.6 is 11.3 Å². The first-order valence-corrected chi connectivity index (χ1v) is 19.7. The summed E-state index contributed by atoms with van der Waals surface area (Å²) in [6.45, 7) is 13.0. The van der Waals surface area contributed by atoms with E-state index >= 15 is 0 Å². The van der Waals surface area contributed by atoms with Gasteiger partial charge in [0.15, 0.2) is 5.82 Å². The lowest BCUT2D eigenvalue weighted by Crippen LogP contribution is -2.61. The van der Waals surface area contributed by atoms with E-state index in [9.17, 15) is 24.0 Å². The third-order valence-corrected chi connectivity index (χ3v) is 11.1. The molecule has 3 aromatic heterocycles. The minimum atomic E-state index is -1.07. The van der Waals surface area contributed by atoms with Crippen molar-refractivity contribution in [3.05, 3.63) is 23.2 Å². The van der Waals surface area contributed by atoms with E-state index in [4.69, 9.17) is 14.7 Å². The van der Waals surface area contributed by atoms with Crippen LogP contribution in [0, 0.1) is 18.3 Å². The average Bonchev–Trinajstić information content (AvgIpc) is 3.41. The van der Waals surface area contributed by atoms with Crippen LogP contribution in [0.4, 0.5) is 4.79 Å². The summed E-state index contributed by atoms with van der Waals surface area (Å²) in [7, 11) is 1.81. The highest BCUT2D eigenvalue weighted by atomic mass is 32.1. The van der Waals surface area contributed by atoms with Crippen LogP contribution in [0.1, 0.15) is 92.1 Å². The number of nitrogens with zero attached hydrogens (tertiary/aromatic N) is 5. The second-order valence-corrected chi connectivity index (χ2v) is 18.0. The fourth-order valence-electron chi connectivity index (χ4n) is 6.95. The van der Waals surface area contributed by atoms with E-state index < -0.39 is 64.7 Å². The summed E-state index contributed by atoms with van der Waals surface area (Å²) < 4.78 is 9.01. The first-order valence-electron chi connectivity index (χ1n) is 18.8. The Morgan fingerprint density at radius 2 is 1.74 bits per heavy atom. The molecule has 0 aromatic carbocycles. The summed E-state index contributed by atoms with van der Waals surface area (Å²) in [5.74, 6) is -1.46. The summed E-state index contributed by atoms with van der Waals surface area (Å²) in [5.41, 5.74) is 0.996. The predicted octanol–water partition coefficient (Wildman–Crippen LogP) is 3.78. The van der Waals surface area contributed by atoms with E-state index in [0.29, 0.717) is 28.3 Å². The molecule has 4 heterocycles. The van der Waals surface area contributed by atoms with Gasteiger partial charge in [-0.1, -0.05) is 40.0 Å². The van der Waals surface area contributed by atoms with Crippen LogP contribution in [0.2, 0.25) is 0 Å². The zero-order valence-electron chi connectivity index (χ0n) is 32.4.